The number of nitrogens with zero attached hydrogens (tertiary/aromatic N) is 2. The van der Waals surface area contributed by atoms with Crippen molar-refractivity contribution in [3.8, 4) is 5.75 Å². The van der Waals surface area contributed by atoms with E-state index in [1.807, 2.05) is 37.4 Å². The molecular formula is C20H23Cl2N3O2. The summed E-state index contributed by atoms with van der Waals surface area (Å²) in [6, 6.07) is 3.75. The number of hydrogen-bond acceptors (Lipinski definition) is 3. The van der Waals surface area contributed by atoms with E-state index in [2.05, 4.69) is 10.4 Å². The van der Waals surface area contributed by atoms with E-state index in [4.69, 9.17) is 27.9 Å². The SMILES string of the molecule is CC(=O)N[C@@H](C)C=Cc1cnn(Cc2ccc(OCC3CC3)c(Cl)c2Cl)c1. The maximum Gasteiger partial charge on any atom is 0.217 e. The second kappa shape index (κ2) is 8.81. The Morgan fingerprint density at radius 1 is 1.41 bits per heavy atom. The highest BCUT2D eigenvalue weighted by Crippen LogP contribution is 2.37. The molecule has 1 heterocycles. The van der Waals surface area contributed by atoms with Crippen molar-refractivity contribution in [2.75, 3.05) is 6.61 Å². The third-order valence-electron chi connectivity index (χ3n) is 4.29. The Balaban J connectivity index is 1.63. The minimum absolute atomic E-state index is 0.0396. The molecule has 0 saturated heterocycles. The van der Waals surface area contributed by atoms with E-state index < -0.39 is 0 Å². The molecule has 1 aromatic heterocycles. The molecule has 1 aromatic carbocycles. The second-order valence-corrected chi connectivity index (χ2v) is 7.68. The molecule has 0 bridgehead atoms. The third kappa shape index (κ3) is 5.75. The monoisotopic (exact) mass is 407 g/mol. The van der Waals surface area contributed by atoms with Crippen LogP contribution in [-0.2, 0) is 11.3 Å². The van der Waals surface area contributed by atoms with Crippen LogP contribution < -0.4 is 10.1 Å². The summed E-state index contributed by atoms with van der Waals surface area (Å²) in [5.41, 5.74) is 1.82. The minimum Gasteiger partial charge on any atom is -0.492 e. The van der Waals surface area contributed by atoms with E-state index in [0.29, 0.717) is 34.9 Å². The molecule has 1 N–H and O–H groups in total. The van der Waals surface area contributed by atoms with Crippen LogP contribution in [0.3, 0.4) is 0 Å². The number of hydrogen-bond donors (Lipinski definition) is 1. The second-order valence-electron chi connectivity index (χ2n) is 6.92. The van der Waals surface area contributed by atoms with Crippen molar-refractivity contribution in [3.05, 3.63) is 51.8 Å². The number of rotatable bonds is 8. The van der Waals surface area contributed by atoms with E-state index in [1.54, 1.807) is 10.9 Å². The van der Waals surface area contributed by atoms with Gasteiger partial charge in [0.1, 0.15) is 10.8 Å². The van der Waals surface area contributed by atoms with Gasteiger partial charge in [0.15, 0.2) is 0 Å². The van der Waals surface area contributed by atoms with Gasteiger partial charge in [-0.15, -0.1) is 0 Å². The van der Waals surface area contributed by atoms with Gasteiger partial charge in [0.05, 0.1) is 24.4 Å². The Morgan fingerprint density at radius 2 is 2.19 bits per heavy atom. The van der Waals surface area contributed by atoms with Gasteiger partial charge in [-0.25, -0.2) is 0 Å². The lowest BCUT2D eigenvalue weighted by atomic mass is 10.2. The van der Waals surface area contributed by atoms with E-state index >= 15 is 0 Å². The van der Waals surface area contributed by atoms with Crippen molar-refractivity contribution >= 4 is 35.2 Å². The predicted octanol–water partition coefficient (Wildman–Crippen LogP) is 4.56. The van der Waals surface area contributed by atoms with Crippen molar-refractivity contribution in [3.63, 3.8) is 0 Å². The molecule has 27 heavy (non-hydrogen) atoms. The highest BCUT2D eigenvalue weighted by atomic mass is 35.5. The first kappa shape index (κ1) is 19.8. The molecule has 5 nitrogen and oxygen atoms in total. The molecule has 144 valence electrons. The van der Waals surface area contributed by atoms with Crippen LogP contribution in [-0.4, -0.2) is 28.3 Å². The summed E-state index contributed by atoms with van der Waals surface area (Å²) in [5, 5.41) is 8.11. The number of aromatic nitrogens is 2. The summed E-state index contributed by atoms with van der Waals surface area (Å²) in [7, 11) is 0. The molecule has 1 saturated carbocycles. The standard InChI is InChI=1S/C20H23Cl2N3O2/c1-13(24-14(2)26)3-4-16-9-23-25(10-16)11-17-7-8-18(20(22)19(17)21)27-12-15-5-6-15/h3-4,7-10,13,15H,5-6,11-12H2,1-2H3,(H,24,26)/t13-/m0/s1. The Hall–Kier alpha value is -1.98. The first-order chi connectivity index (χ1) is 12.9. The number of carbonyl (C=O) groups excluding carboxylic acids is 1. The van der Waals surface area contributed by atoms with Gasteiger partial charge >= 0.3 is 0 Å². The van der Waals surface area contributed by atoms with Crippen LogP contribution in [0.25, 0.3) is 6.08 Å². The van der Waals surface area contributed by atoms with Gasteiger partial charge in [-0.2, -0.15) is 5.10 Å². The van der Waals surface area contributed by atoms with Gasteiger partial charge in [-0.1, -0.05) is 41.4 Å². The van der Waals surface area contributed by atoms with Gasteiger partial charge in [0.25, 0.3) is 0 Å². The number of nitrogens with one attached hydrogen (secondary N) is 1. The zero-order chi connectivity index (χ0) is 19.4. The maximum atomic E-state index is 11.0. The van der Waals surface area contributed by atoms with Crippen LogP contribution in [0.1, 0.15) is 37.8 Å². The van der Waals surface area contributed by atoms with Crippen molar-refractivity contribution < 1.29 is 9.53 Å². The normalized spacial score (nSPS) is 15.1. The number of benzene rings is 1. The predicted molar refractivity (Wildman–Crippen MR) is 108 cm³/mol. The van der Waals surface area contributed by atoms with Gasteiger partial charge in [0, 0.05) is 24.7 Å². The smallest absolute Gasteiger partial charge is 0.217 e. The van der Waals surface area contributed by atoms with Crippen LogP contribution >= 0.6 is 23.2 Å². The number of ether oxygens (including phenoxy) is 1. The van der Waals surface area contributed by atoms with Gasteiger partial charge < -0.3 is 10.1 Å². The van der Waals surface area contributed by atoms with Crippen LogP contribution in [0, 0.1) is 5.92 Å². The maximum absolute atomic E-state index is 11.0. The number of carbonyl (C=O) groups is 1. The molecule has 7 heteroatoms. The van der Waals surface area contributed by atoms with Crippen molar-refractivity contribution in [1.82, 2.24) is 15.1 Å². The van der Waals surface area contributed by atoms with Gasteiger partial charge in [-0.05, 0) is 37.3 Å². The van der Waals surface area contributed by atoms with Crippen LogP contribution in [0.15, 0.2) is 30.6 Å². The Bertz CT molecular complexity index is 844. The Kier molecular flexibility index (Phi) is 6.45. The quantitative estimate of drug-likeness (QED) is 0.697. The van der Waals surface area contributed by atoms with Crippen LogP contribution in [0.2, 0.25) is 10.0 Å². The molecular weight excluding hydrogens is 385 g/mol. The van der Waals surface area contributed by atoms with Crippen molar-refractivity contribution in [2.45, 2.75) is 39.3 Å². The van der Waals surface area contributed by atoms with Gasteiger partial charge in [0.2, 0.25) is 5.91 Å². The summed E-state index contributed by atoms with van der Waals surface area (Å²) in [6.07, 6.45) is 9.97. The highest BCUT2D eigenvalue weighted by molar-refractivity contribution is 6.43. The largest absolute Gasteiger partial charge is 0.492 e. The summed E-state index contributed by atoms with van der Waals surface area (Å²) in [6.45, 7) is 4.62. The van der Waals surface area contributed by atoms with E-state index in [1.165, 1.54) is 19.8 Å². The molecule has 2 aromatic rings. The van der Waals surface area contributed by atoms with Crippen molar-refractivity contribution in [1.29, 1.82) is 0 Å². The first-order valence-electron chi connectivity index (χ1n) is 9.00. The average molecular weight is 408 g/mol. The van der Waals surface area contributed by atoms with E-state index in [-0.39, 0.29) is 11.9 Å². The van der Waals surface area contributed by atoms with Crippen molar-refractivity contribution in [2.24, 2.45) is 5.92 Å². The van der Waals surface area contributed by atoms with E-state index in [9.17, 15) is 4.79 Å². The molecule has 1 aliphatic rings. The fourth-order valence-corrected chi connectivity index (χ4v) is 3.10. The topological polar surface area (TPSA) is 56.2 Å². The summed E-state index contributed by atoms with van der Waals surface area (Å²) >= 11 is 12.8. The highest BCUT2D eigenvalue weighted by Gasteiger charge is 2.23. The fraction of sp³-hybridized carbons (Fsp3) is 0.400. The molecule has 0 unspecified atom stereocenters. The molecule has 0 radical (unpaired) electrons. The Morgan fingerprint density at radius 3 is 2.89 bits per heavy atom. The molecule has 3 rings (SSSR count). The molecule has 1 atom stereocenters. The third-order valence-corrected chi connectivity index (χ3v) is 5.20. The zero-order valence-electron chi connectivity index (χ0n) is 15.4. The van der Waals surface area contributed by atoms with E-state index in [0.717, 1.165) is 11.1 Å². The van der Waals surface area contributed by atoms with Crippen LogP contribution in [0.5, 0.6) is 5.75 Å². The van der Waals surface area contributed by atoms with Gasteiger partial charge in [-0.3, -0.25) is 9.48 Å². The van der Waals surface area contributed by atoms with Crippen LogP contribution in [0.4, 0.5) is 0 Å². The fourth-order valence-electron chi connectivity index (χ4n) is 2.65. The summed E-state index contributed by atoms with van der Waals surface area (Å²) in [5.74, 6) is 1.23. The number of amides is 1. The summed E-state index contributed by atoms with van der Waals surface area (Å²) in [4.78, 5) is 11.0. The molecule has 0 spiro atoms. The summed E-state index contributed by atoms with van der Waals surface area (Å²) < 4.78 is 7.55. The average Bonchev–Trinajstić information content (AvgIpc) is 3.34. The molecule has 1 aliphatic carbocycles. The Labute approximate surface area is 169 Å². The lowest BCUT2D eigenvalue weighted by Gasteiger charge is -2.12. The minimum atomic E-state index is -0.0566. The molecule has 1 fully saturated rings. The number of halogens is 2. The molecule has 1 amide bonds. The lowest BCUT2D eigenvalue weighted by molar-refractivity contribution is -0.119. The zero-order valence-corrected chi connectivity index (χ0v) is 16.9. The first-order valence-corrected chi connectivity index (χ1v) is 9.75. The lowest BCUT2D eigenvalue weighted by Crippen LogP contribution is -2.28. The molecule has 0 aliphatic heterocycles.